The van der Waals surface area contributed by atoms with Gasteiger partial charge in [-0.1, -0.05) is 0 Å². The maximum absolute atomic E-state index is 13.4. The van der Waals surface area contributed by atoms with Crippen LogP contribution in [0.4, 0.5) is 9.52 Å². The zero-order valence-corrected chi connectivity index (χ0v) is 14.3. The minimum atomic E-state index is -0.587. The highest BCUT2D eigenvalue weighted by molar-refractivity contribution is 7.14. The number of hydrogen-bond acceptors (Lipinski definition) is 5. The van der Waals surface area contributed by atoms with Crippen molar-refractivity contribution in [3.63, 3.8) is 0 Å². The number of aromatic nitrogens is 1. The van der Waals surface area contributed by atoms with Crippen LogP contribution >= 0.6 is 11.3 Å². The Morgan fingerprint density at radius 3 is 2.88 bits per heavy atom. The Hall–Kier alpha value is -1.83. The molecule has 3 rings (SSSR count). The van der Waals surface area contributed by atoms with Gasteiger partial charge in [-0.25, -0.2) is 9.37 Å². The number of carbonyl (C=O) groups excluding carboxylic acids is 1. The summed E-state index contributed by atoms with van der Waals surface area (Å²) in [5.74, 6) is -0.351. The van der Waals surface area contributed by atoms with Crippen LogP contribution in [0.5, 0.6) is 0 Å². The number of nitrogens with one attached hydrogen (secondary N) is 1. The molecule has 1 aromatic heterocycles. The van der Waals surface area contributed by atoms with Crippen LogP contribution in [-0.4, -0.2) is 30.6 Å². The number of anilines is 1. The Balaban J connectivity index is 1.75. The second-order valence-electron chi connectivity index (χ2n) is 6.05. The fourth-order valence-electron chi connectivity index (χ4n) is 2.78. The van der Waals surface area contributed by atoms with Crippen LogP contribution in [-0.2, 0) is 9.53 Å². The van der Waals surface area contributed by atoms with Gasteiger partial charge in [-0.05, 0) is 43.5 Å². The molecule has 24 heavy (non-hydrogen) atoms. The predicted molar refractivity (Wildman–Crippen MR) is 92.4 cm³/mol. The van der Waals surface area contributed by atoms with Crippen molar-refractivity contribution in [2.24, 2.45) is 11.1 Å². The molecule has 2 aromatic rings. The van der Waals surface area contributed by atoms with Gasteiger partial charge < -0.3 is 15.8 Å². The maximum atomic E-state index is 13.4. The van der Waals surface area contributed by atoms with Crippen LogP contribution < -0.4 is 11.1 Å². The minimum absolute atomic E-state index is 0.107. The molecule has 2 heterocycles. The van der Waals surface area contributed by atoms with Crippen LogP contribution in [0.25, 0.3) is 11.3 Å². The molecule has 0 bridgehead atoms. The number of halogens is 1. The Morgan fingerprint density at radius 2 is 2.21 bits per heavy atom. The number of nitrogens with two attached hydrogens (primary N) is 1. The van der Waals surface area contributed by atoms with Gasteiger partial charge >= 0.3 is 0 Å². The van der Waals surface area contributed by atoms with Gasteiger partial charge in [-0.2, -0.15) is 0 Å². The van der Waals surface area contributed by atoms with E-state index >= 15 is 0 Å². The van der Waals surface area contributed by atoms with Crippen molar-refractivity contribution < 1.29 is 13.9 Å². The van der Waals surface area contributed by atoms with E-state index in [0.29, 0.717) is 42.4 Å². The van der Waals surface area contributed by atoms with Crippen LogP contribution in [0.15, 0.2) is 23.6 Å². The van der Waals surface area contributed by atoms with E-state index < -0.39 is 5.41 Å². The first-order valence-electron chi connectivity index (χ1n) is 7.85. The smallest absolute Gasteiger partial charge is 0.233 e. The lowest BCUT2D eigenvalue weighted by Gasteiger charge is -2.34. The van der Waals surface area contributed by atoms with Crippen molar-refractivity contribution in [3.05, 3.63) is 35.0 Å². The molecule has 1 saturated heterocycles. The van der Waals surface area contributed by atoms with Gasteiger partial charge in [0.05, 0.1) is 11.1 Å². The highest BCUT2D eigenvalue weighted by Crippen LogP contribution is 2.32. The molecule has 128 valence electrons. The maximum Gasteiger partial charge on any atom is 0.233 e. The molecule has 1 aliphatic rings. The number of carbonyl (C=O) groups is 1. The summed E-state index contributed by atoms with van der Waals surface area (Å²) in [5.41, 5.74) is 7.37. The molecule has 0 radical (unpaired) electrons. The van der Waals surface area contributed by atoms with Crippen LogP contribution in [0.1, 0.15) is 18.4 Å². The topological polar surface area (TPSA) is 77.2 Å². The second-order valence-corrected chi connectivity index (χ2v) is 6.91. The number of rotatable bonds is 4. The first-order chi connectivity index (χ1) is 11.5. The van der Waals surface area contributed by atoms with Gasteiger partial charge in [0.2, 0.25) is 5.91 Å². The number of hydrogen-bond donors (Lipinski definition) is 2. The summed E-state index contributed by atoms with van der Waals surface area (Å²) in [6, 6.07) is 4.85. The fourth-order valence-corrected chi connectivity index (χ4v) is 3.50. The summed E-state index contributed by atoms with van der Waals surface area (Å²) in [7, 11) is 0. The predicted octanol–water partition coefficient (Wildman–Crippen LogP) is 2.95. The molecule has 1 fully saturated rings. The van der Waals surface area contributed by atoms with E-state index in [1.807, 2.05) is 5.38 Å². The molecule has 1 aromatic carbocycles. The van der Waals surface area contributed by atoms with E-state index in [1.165, 1.54) is 17.4 Å². The van der Waals surface area contributed by atoms with Gasteiger partial charge in [0.1, 0.15) is 5.82 Å². The SMILES string of the molecule is Cc1cc(-c2csc(NC(=O)C3(CN)CCOCC3)n2)ccc1F. The Kier molecular flexibility index (Phi) is 4.93. The largest absolute Gasteiger partial charge is 0.381 e. The van der Waals surface area contributed by atoms with Crippen molar-refractivity contribution in [2.45, 2.75) is 19.8 Å². The number of nitrogens with zero attached hydrogens (tertiary/aromatic N) is 1. The average molecular weight is 349 g/mol. The highest BCUT2D eigenvalue weighted by atomic mass is 32.1. The lowest BCUT2D eigenvalue weighted by atomic mass is 9.79. The standard InChI is InChI=1S/C17H20FN3O2S/c1-11-8-12(2-3-13(11)18)14-9-24-16(20-14)21-15(22)17(10-19)4-6-23-7-5-17/h2-3,8-9H,4-7,10,19H2,1H3,(H,20,21,22). The number of ether oxygens (including phenoxy) is 1. The first-order valence-corrected chi connectivity index (χ1v) is 8.73. The molecule has 0 atom stereocenters. The Bertz CT molecular complexity index is 741. The third-order valence-corrected chi connectivity index (χ3v) is 5.26. The molecule has 0 saturated carbocycles. The monoisotopic (exact) mass is 349 g/mol. The molecular formula is C17H20FN3O2S. The molecule has 3 N–H and O–H groups in total. The van der Waals surface area contributed by atoms with E-state index in [1.54, 1.807) is 19.1 Å². The number of thiazole rings is 1. The van der Waals surface area contributed by atoms with Crippen molar-refractivity contribution >= 4 is 22.4 Å². The summed E-state index contributed by atoms with van der Waals surface area (Å²) in [5, 5.41) is 5.25. The molecule has 5 nitrogen and oxygen atoms in total. The van der Waals surface area contributed by atoms with Crippen LogP contribution in [0.3, 0.4) is 0 Å². The van der Waals surface area contributed by atoms with E-state index in [4.69, 9.17) is 10.5 Å². The third kappa shape index (κ3) is 3.33. The minimum Gasteiger partial charge on any atom is -0.381 e. The third-order valence-electron chi connectivity index (χ3n) is 4.50. The van der Waals surface area contributed by atoms with Crippen LogP contribution in [0.2, 0.25) is 0 Å². The van der Waals surface area contributed by atoms with Gasteiger partial charge in [0.25, 0.3) is 0 Å². The van der Waals surface area contributed by atoms with Gasteiger partial charge in [-0.3, -0.25) is 4.79 Å². The van der Waals surface area contributed by atoms with E-state index in [9.17, 15) is 9.18 Å². The summed E-state index contributed by atoms with van der Waals surface area (Å²) in [4.78, 5) is 17.1. The summed E-state index contributed by atoms with van der Waals surface area (Å²) in [6.45, 7) is 3.09. The molecule has 7 heteroatoms. The van der Waals surface area contributed by atoms with E-state index in [0.717, 1.165) is 5.56 Å². The summed E-state index contributed by atoms with van der Waals surface area (Å²) in [6.07, 6.45) is 1.23. The quantitative estimate of drug-likeness (QED) is 0.890. The summed E-state index contributed by atoms with van der Waals surface area (Å²) < 4.78 is 18.7. The second kappa shape index (κ2) is 6.96. The lowest BCUT2D eigenvalue weighted by Crippen LogP contribution is -2.46. The molecule has 1 amide bonds. The van der Waals surface area contributed by atoms with Gasteiger partial charge in [0, 0.05) is 30.7 Å². The van der Waals surface area contributed by atoms with Crippen LogP contribution in [0, 0.1) is 18.2 Å². The lowest BCUT2D eigenvalue weighted by molar-refractivity contribution is -0.130. The summed E-state index contributed by atoms with van der Waals surface area (Å²) >= 11 is 1.35. The zero-order chi connectivity index (χ0) is 17.2. The van der Waals surface area contributed by atoms with E-state index in [2.05, 4.69) is 10.3 Å². The van der Waals surface area contributed by atoms with Crippen molar-refractivity contribution in [1.82, 2.24) is 4.98 Å². The van der Waals surface area contributed by atoms with Crippen molar-refractivity contribution in [2.75, 3.05) is 25.1 Å². The van der Waals surface area contributed by atoms with Crippen molar-refractivity contribution in [1.29, 1.82) is 0 Å². The number of aryl methyl sites for hydroxylation is 1. The average Bonchev–Trinajstić information content (AvgIpc) is 3.06. The van der Waals surface area contributed by atoms with Gasteiger partial charge in [0.15, 0.2) is 5.13 Å². The normalized spacial score (nSPS) is 16.8. The van der Waals surface area contributed by atoms with Gasteiger partial charge in [-0.15, -0.1) is 11.3 Å². The Labute approximate surface area is 144 Å². The molecule has 1 aliphatic heterocycles. The Morgan fingerprint density at radius 1 is 1.46 bits per heavy atom. The van der Waals surface area contributed by atoms with E-state index in [-0.39, 0.29) is 18.3 Å². The number of benzene rings is 1. The molecule has 0 spiro atoms. The van der Waals surface area contributed by atoms with Crippen molar-refractivity contribution in [3.8, 4) is 11.3 Å². The molecular weight excluding hydrogens is 329 g/mol. The number of amides is 1. The molecule has 0 unspecified atom stereocenters. The molecule has 0 aliphatic carbocycles. The fraction of sp³-hybridized carbons (Fsp3) is 0.412. The zero-order valence-electron chi connectivity index (χ0n) is 13.5. The first kappa shape index (κ1) is 17.0. The highest BCUT2D eigenvalue weighted by Gasteiger charge is 2.39.